The van der Waals surface area contributed by atoms with Crippen LogP contribution in [0.5, 0.6) is 5.75 Å². The monoisotopic (exact) mass is 257 g/mol. The molecule has 0 atom stereocenters. The van der Waals surface area contributed by atoms with Gasteiger partial charge in [-0.25, -0.2) is 0 Å². The Hall–Kier alpha value is -0.0187. The van der Waals surface area contributed by atoms with Gasteiger partial charge in [-0.15, -0.1) is 0 Å². The topological polar surface area (TPSA) is 52.3 Å². The van der Waals surface area contributed by atoms with E-state index in [1.165, 1.54) is 24.3 Å². The molecule has 16 heavy (non-hydrogen) atoms. The summed E-state index contributed by atoms with van der Waals surface area (Å²) in [6, 6.07) is 5.53. The van der Waals surface area contributed by atoms with E-state index in [0.717, 1.165) is 0 Å². The molecule has 1 rings (SSSR count). The van der Waals surface area contributed by atoms with Crippen molar-refractivity contribution in [3.63, 3.8) is 0 Å². The van der Waals surface area contributed by atoms with Crippen molar-refractivity contribution in [2.45, 2.75) is 0 Å². The van der Waals surface area contributed by atoms with E-state index in [2.05, 4.69) is 4.74 Å². The van der Waals surface area contributed by atoms with Gasteiger partial charge in [0.2, 0.25) is 0 Å². The molecule has 8 heteroatoms. The van der Waals surface area contributed by atoms with Crippen molar-refractivity contribution in [2.75, 3.05) is 6.51 Å². The van der Waals surface area contributed by atoms with E-state index in [1.54, 1.807) is 0 Å². The van der Waals surface area contributed by atoms with Crippen molar-refractivity contribution in [2.24, 2.45) is 5.73 Å². The van der Waals surface area contributed by atoms with Gasteiger partial charge in [-0.05, 0) is 12.1 Å². The summed E-state index contributed by atoms with van der Waals surface area (Å²) < 4.78 is 40.2. The zero-order chi connectivity index (χ0) is 11.5. The molecule has 0 heterocycles. The molecule has 0 aliphatic carbocycles. The van der Waals surface area contributed by atoms with Crippen LogP contribution in [0.1, 0.15) is 10.4 Å². The maximum Gasteiger partial charge on any atom is 1.00 e. The molecule has 82 valence electrons. The molecular formula is C8H8BF3KNO2. The number of benzene rings is 1. The first kappa shape index (κ1) is 16.0. The Bertz CT molecular complexity index is 373. The number of ether oxygens (including phenoxy) is 1. The molecule has 0 aromatic heterocycles. The van der Waals surface area contributed by atoms with E-state index < -0.39 is 19.4 Å². The molecule has 1 amide bonds. The Morgan fingerprint density at radius 3 is 2.38 bits per heavy atom. The second-order valence-corrected chi connectivity index (χ2v) is 2.88. The van der Waals surface area contributed by atoms with Crippen LogP contribution in [0, 0.1) is 0 Å². The normalized spacial score (nSPS) is 10.4. The maximum atomic E-state index is 11.9. The third-order valence-electron chi connectivity index (χ3n) is 1.58. The Kier molecular flexibility index (Phi) is 6.64. The third-order valence-corrected chi connectivity index (χ3v) is 1.58. The number of carbonyl (C=O) groups excluding carboxylic acids is 1. The smallest absolute Gasteiger partial charge is 0.521 e. The zero-order valence-corrected chi connectivity index (χ0v) is 11.7. The molecule has 0 saturated heterocycles. The molecule has 1 aromatic carbocycles. The zero-order valence-electron chi connectivity index (χ0n) is 8.62. The van der Waals surface area contributed by atoms with Crippen LogP contribution < -0.4 is 61.9 Å². The Balaban J connectivity index is 0.00000225. The van der Waals surface area contributed by atoms with Gasteiger partial charge in [-0.3, -0.25) is 4.79 Å². The number of amides is 1. The van der Waals surface area contributed by atoms with Crippen molar-refractivity contribution < 1.29 is 73.9 Å². The molecule has 3 nitrogen and oxygen atoms in total. The summed E-state index contributed by atoms with van der Waals surface area (Å²) in [5.41, 5.74) is 4.90. The molecular weight excluding hydrogens is 249 g/mol. The van der Waals surface area contributed by atoms with Crippen LogP contribution in [-0.4, -0.2) is 19.4 Å². The van der Waals surface area contributed by atoms with E-state index in [0.29, 0.717) is 0 Å². The van der Waals surface area contributed by atoms with Gasteiger partial charge in [0.05, 0.1) is 12.1 Å². The standard InChI is InChI=1S/C8H8BF3NO2.K/c10-9(11,12)5-15-7-4-2-1-3-6(7)8(13)14;/h1-4H,5H2,(H2,13,14);/q-1;+1. The largest absolute Gasteiger partial charge is 1.00 e. The number of hydrogen-bond donors (Lipinski definition) is 1. The van der Waals surface area contributed by atoms with E-state index >= 15 is 0 Å². The maximum absolute atomic E-state index is 11.9. The van der Waals surface area contributed by atoms with Crippen molar-refractivity contribution >= 4 is 12.9 Å². The number of hydrogen-bond acceptors (Lipinski definition) is 2. The molecule has 0 aliphatic rings. The quantitative estimate of drug-likeness (QED) is 0.671. The van der Waals surface area contributed by atoms with Gasteiger partial charge in [0, 0.05) is 0 Å². The van der Waals surface area contributed by atoms with Gasteiger partial charge in [0.25, 0.3) is 5.91 Å². The van der Waals surface area contributed by atoms with E-state index in [1.807, 2.05) is 0 Å². The van der Waals surface area contributed by atoms with E-state index in [-0.39, 0.29) is 62.7 Å². The van der Waals surface area contributed by atoms with E-state index in [4.69, 9.17) is 5.73 Å². The molecule has 0 radical (unpaired) electrons. The summed E-state index contributed by atoms with van der Waals surface area (Å²) >= 11 is 0. The van der Waals surface area contributed by atoms with Crippen molar-refractivity contribution in [3.8, 4) is 5.75 Å². The number of rotatable bonds is 4. The van der Waals surface area contributed by atoms with Gasteiger partial charge in [0.15, 0.2) is 0 Å². The summed E-state index contributed by atoms with van der Waals surface area (Å²) in [6.45, 7) is -6.42. The van der Waals surface area contributed by atoms with Crippen molar-refractivity contribution in [1.29, 1.82) is 0 Å². The number of nitrogens with two attached hydrogens (primary N) is 1. The number of halogens is 3. The Morgan fingerprint density at radius 2 is 1.88 bits per heavy atom. The fourth-order valence-corrected chi connectivity index (χ4v) is 0.980. The van der Waals surface area contributed by atoms with Gasteiger partial charge in [-0.1, -0.05) is 12.1 Å². The fraction of sp³-hybridized carbons (Fsp3) is 0.125. The predicted octanol–water partition coefficient (Wildman–Crippen LogP) is -1.45. The van der Waals surface area contributed by atoms with Crippen LogP contribution in [0.3, 0.4) is 0 Å². The second-order valence-electron chi connectivity index (χ2n) is 2.88. The Labute approximate surface area is 133 Å². The molecule has 0 aliphatic heterocycles. The minimum atomic E-state index is -5.04. The second kappa shape index (κ2) is 6.65. The number of para-hydroxylation sites is 1. The summed E-state index contributed by atoms with van der Waals surface area (Å²) in [7, 11) is 0. The average Bonchev–Trinajstić information content (AvgIpc) is 2.14. The van der Waals surface area contributed by atoms with Gasteiger partial charge in [0.1, 0.15) is 5.75 Å². The van der Waals surface area contributed by atoms with Crippen LogP contribution >= 0.6 is 0 Å². The first-order valence-electron chi connectivity index (χ1n) is 4.13. The minimum Gasteiger partial charge on any atom is -0.521 e. The molecule has 0 unspecified atom stereocenters. The first-order chi connectivity index (χ1) is 6.90. The van der Waals surface area contributed by atoms with Crippen LogP contribution in [0.4, 0.5) is 12.9 Å². The summed E-state index contributed by atoms with van der Waals surface area (Å²) in [5, 5.41) is 0. The van der Waals surface area contributed by atoms with Gasteiger partial charge >= 0.3 is 58.4 Å². The predicted molar refractivity (Wildman–Crippen MR) is 49.5 cm³/mol. The molecule has 2 N–H and O–H groups in total. The Morgan fingerprint density at radius 1 is 1.31 bits per heavy atom. The van der Waals surface area contributed by atoms with Crippen LogP contribution in [-0.2, 0) is 0 Å². The summed E-state index contributed by atoms with van der Waals surface area (Å²) in [4.78, 5) is 10.8. The fourth-order valence-electron chi connectivity index (χ4n) is 0.980. The summed E-state index contributed by atoms with van der Waals surface area (Å²) in [5.74, 6) is -0.968. The van der Waals surface area contributed by atoms with Gasteiger partial charge in [-0.2, -0.15) is 0 Å². The molecule has 0 fully saturated rings. The number of carbonyl (C=O) groups is 1. The van der Waals surface area contributed by atoms with Crippen molar-refractivity contribution in [1.82, 2.24) is 0 Å². The molecule has 0 spiro atoms. The first-order valence-corrected chi connectivity index (χ1v) is 4.13. The number of primary amides is 1. The average molecular weight is 257 g/mol. The molecule has 0 saturated carbocycles. The third kappa shape index (κ3) is 5.35. The van der Waals surface area contributed by atoms with Crippen LogP contribution in [0.2, 0.25) is 0 Å². The van der Waals surface area contributed by atoms with Crippen LogP contribution in [0.25, 0.3) is 0 Å². The summed E-state index contributed by atoms with van der Waals surface area (Å²) in [6.07, 6.45) is 0. The molecule has 0 bridgehead atoms. The van der Waals surface area contributed by atoms with Crippen LogP contribution in [0.15, 0.2) is 24.3 Å². The van der Waals surface area contributed by atoms with Crippen molar-refractivity contribution in [3.05, 3.63) is 29.8 Å². The minimum absolute atomic E-state index is 0. The SMILES string of the molecule is NC(=O)c1ccccc1OC[B-](F)(F)F.[K+]. The van der Waals surface area contributed by atoms with Gasteiger partial charge < -0.3 is 23.4 Å². The van der Waals surface area contributed by atoms with E-state index in [9.17, 15) is 17.7 Å². The molecule has 1 aromatic rings.